The standard InChI is InChI=1S/C19H17N3O3S/c1-11-8-13(12(2)26-11)19(24)25-10-17(23)14(9-20)18-21-15-6-4-5-7-16(15)22(18)3/h4-8,23H,10H2,1-3H3/b17-14-. The molecule has 0 saturated carbocycles. The van der Waals surface area contributed by atoms with E-state index in [1.54, 1.807) is 17.7 Å². The monoisotopic (exact) mass is 367 g/mol. The molecule has 0 unspecified atom stereocenters. The Balaban J connectivity index is 1.87. The van der Waals surface area contributed by atoms with Gasteiger partial charge in [0.15, 0.2) is 11.6 Å². The molecule has 0 aliphatic heterocycles. The Labute approximate surface area is 154 Å². The summed E-state index contributed by atoms with van der Waals surface area (Å²) in [6.45, 7) is 3.36. The third kappa shape index (κ3) is 3.19. The number of imidazole rings is 1. The van der Waals surface area contributed by atoms with Crippen LogP contribution in [0.1, 0.15) is 25.9 Å². The number of fused-ring (bicyclic) bond motifs is 1. The number of carbonyl (C=O) groups is 1. The molecule has 132 valence electrons. The molecular formula is C19H17N3O3S. The van der Waals surface area contributed by atoms with E-state index in [0.29, 0.717) is 16.9 Å². The van der Waals surface area contributed by atoms with Crippen LogP contribution in [0.25, 0.3) is 16.6 Å². The quantitative estimate of drug-likeness (QED) is 0.429. The first-order valence-corrected chi connectivity index (χ1v) is 8.72. The summed E-state index contributed by atoms with van der Waals surface area (Å²) in [6, 6.07) is 11.1. The van der Waals surface area contributed by atoms with Crippen LogP contribution in [0.15, 0.2) is 36.1 Å². The molecule has 0 aliphatic carbocycles. The number of thiophene rings is 1. The minimum absolute atomic E-state index is 0.0188. The summed E-state index contributed by atoms with van der Waals surface area (Å²) >= 11 is 1.50. The van der Waals surface area contributed by atoms with Crippen LogP contribution >= 0.6 is 11.3 Å². The SMILES string of the molecule is Cc1cc(C(=O)OC/C(O)=C(\C#N)c2nc3ccccc3n2C)c(C)s1. The number of ether oxygens (including phenoxy) is 1. The maximum Gasteiger partial charge on any atom is 0.339 e. The first-order chi connectivity index (χ1) is 12.4. The fourth-order valence-electron chi connectivity index (χ4n) is 2.73. The molecule has 0 bridgehead atoms. The number of aliphatic hydroxyl groups excluding tert-OH is 1. The van der Waals surface area contributed by atoms with Gasteiger partial charge in [-0.2, -0.15) is 5.26 Å². The Morgan fingerprint density at radius 3 is 2.73 bits per heavy atom. The summed E-state index contributed by atoms with van der Waals surface area (Å²) in [6.07, 6.45) is 0. The van der Waals surface area contributed by atoms with Crippen LogP contribution in [0.4, 0.5) is 0 Å². The highest BCUT2D eigenvalue weighted by Gasteiger charge is 2.19. The van der Waals surface area contributed by atoms with Crippen molar-refractivity contribution < 1.29 is 14.6 Å². The molecule has 3 aromatic rings. The molecule has 6 nitrogen and oxygen atoms in total. The highest BCUT2D eigenvalue weighted by Crippen LogP contribution is 2.23. The van der Waals surface area contributed by atoms with E-state index in [-0.39, 0.29) is 17.9 Å². The van der Waals surface area contributed by atoms with Crippen molar-refractivity contribution in [2.24, 2.45) is 7.05 Å². The van der Waals surface area contributed by atoms with Gasteiger partial charge in [-0.1, -0.05) is 12.1 Å². The number of nitriles is 1. The minimum Gasteiger partial charge on any atom is -0.507 e. The van der Waals surface area contributed by atoms with Gasteiger partial charge in [0.05, 0.1) is 16.6 Å². The van der Waals surface area contributed by atoms with Gasteiger partial charge in [0.1, 0.15) is 18.2 Å². The van der Waals surface area contributed by atoms with Gasteiger partial charge in [0.25, 0.3) is 0 Å². The summed E-state index contributed by atoms with van der Waals surface area (Å²) in [7, 11) is 1.76. The van der Waals surface area contributed by atoms with Gasteiger partial charge in [0, 0.05) is 16.8 Å². The highest BCUT2D eigenvalue weighted by atomic mass is 32.1. The van der Waals surface area contributed by atoms with Crippen LogP contribution in [-0.2, 0) is 11.8 Å². The lowest BCUT2D eigenvalue weighted by Crippen LogP contribution is -2.10. The fraction of sp³-hybridized carbons (Fsp3) is 0.211. The number of hydrogen-bond acceptors (Lipinski definition) is 6. The van der Waals surface area contributed by atoms with Crippen LogP contribution in [0.2, 0.25) is 0 Å². The van der Waals surface area contributed by atoms with Gasteiger partial charge in [-0.3, -0.25) is 0 Å². The molecule has 0 amide bonds. The molecule has 2 heterocycles. The third-order valence-electron chi connectivity index (χ3n) is 4.01. The number of para-hydroxylation sites is 2. The zero-order valence-corrected chi connectivity index (χ0v) is 15.4. The molecule has 1 aromatic carbocycles. The number of aliphatic hydroxyl groups is 1. The summed E-state index contributed by atoms with van der Waals surface area (Å²) in [5, 5.41) is 19.8. The summed E-state index contributed by atoms with van der Waals surface area (Å²) in [5.74, 6) is -0.533. The number of benzene rings is 1. The Bertz CT molecular complexity index is 1070. The maximum absolute atomic E-state index is 12.2. The maximum atomic E-state index is 12.2. The van der Waals surface area contributed by atoms with Crippen molar-refractivity contribution >= 4 is 33.9 Å². The van der Waals surface area contributed by atoms with E-state index in [9.17, 15) is 15.2 Å². The molecule has 0 atom stereocenters. The average Bonchev–Trinajstić information content (AvgIpc) is 3.13. The zero-order chi connectivity index (χ0) is 18.8. The Morgan fingerprint density at radius 1 is 1.38 bits per heavy atom. The Hall–Kier alpha value is -3.11. The number of aryl methyl sites for hydroxylation is 3. The molecule has 7 heteroatoms. The van der Waals surface area contributed by atoms with Crippen molar-refractivity contribution in [2.45, 2.75) is 13.8 Å². The second-order valence-corrected chi connectivity index (χ2v) is 7.28. The first kappa shape index (κ1) is 17.7. The van der Waals surface area contributed by atoms with E-state index in [2.05, 4.69) is 4.98 Å². The minimum atomic E-state index is -0.527. The van der Waals surface area contributed by atoms with Crippen LogP contribution in [-0.4, -0.2) is 27.2 Å². The van der Waals surface area contributed by atoms with Crippen LogP contribution in [0.3, 0.4) is 0 Å². The Morgan fingerprint density at radius 2 is 2.12 bits per heavy atom. The molecule has 26 heavy (non-hydrogen) atoms. The molecule has 0 fully saturated rings. The lowest BCUT2D eigenvalue weighted by Gasteiger charge is -2.07. The number of esters is 1. The molecule has 0 aliphatic rings. The second-order valence-electron chi connectivity index (χ2n) is 5.82. The van der Waals surface area contributed by atoms with Crippen LogP contribution in [0, 0.1) is 25.2 Å². The van der Waals surface area contributed by atoms with Gasteiger partial charge < -0.3 is 14.4 Å². The van der Waals surface area contributed by atoms with Crippen molar-refractivity contribution in [3.8, 4) is 6.07 Å². The van der Waals surface area contributed by atoms with E-state index in [0.717, 1.165) is 15.3 Å². The number of rotatable bonds is 4. The van der Waals surface area contributed by atoms with Crippen LogP contribution in [0.5, 0.6) is 0 Å². The lowest BCUT2D eigenvalue weighted by atomic mass is 10.2. The van der Waals surface area contributed by atoms with Crippen molar-refractivity contribution in [2.75, 3.05) is 6.61 Å². The molecule has 0 spiro atoms. The lowest BCUT2D eigenvalue weighted by molar-refractivity contribution is 0.0502. The average molecular weight is 367 g/mol. The predicted molar refractivity (Wildman–Crippen MR) is 100.0 cm³/mol. The number of nitrogens with zero attached hydrogens (tertiary/aromatic N) is 3. The number of aromatic nitrogens is 2. The van der Waals surface area contributed by atoms with E-state index >= 15 is 0 Å². The van der Waals surface area contributed by atoms with Crippen molar-refractivity contribution in [1.29, 1.82) is 5.26 Å². The Kier molecular flexibility index (Phi) is 4.78. The molecule has 3 rings (SSSR count). The van der Waals surface area contributed by atoms with Gasteiger partial charge in [-0.25, -0.2) is 9.78 Å². The van der Waals surface area contributed by atoms with E-state index in [1.807, 2.05) is 44.2 Å². The van der Waals surface area contributed by atoms with Gasteiger partial charge >= 0.3 is 5.97 Å². The third-order valence-corrected chi connectivity index (χ3v) is 4.98. The van der Waals surface area contributed by atoms with E-state index in [4.69, 9.17) is 4.74 Å². The summed E-state index contributed by atoms with van der Waals surface area (Å²) < 4.78 is 6.89. The van der Waals surface area contributed by atoms with Gasteiger partial charge in [-0.05, 0) is 32.0 Å². The summed E-state index contributed by atoms with van der Waals surface area (Å²) in [4.78, 5) is 18.4. The molecule has 1 N–H and O–H groups in total. The first-order valence-electron chi connectivity index (χ1n) is 7.90. The second kappa shape index (κ2) is 7.02. The van der Waals surface area contributed by atoms with Gasteiger partial charge in [-0.15, -0.1) is 11.3 Å². The fourth-order valence-corrected chi connectivity index (χ4v) is 3.64. The van der Waals surface area contributed by atoms with Crippen molar-refractivity contribution in [3.05, 3.63) is 57.2 Å². The van der Waals surface area contributed by atoms with Gasteiger partial charge in [0.2, 0.25) is 0 Å². The topological polar surface area (TPSA) is 88.1 Å². The predicted octanol–water partition coefficient (Wildman–Crippen LogP) is 3.90. The number of hydrogen-bond donors (Lipinski definition) is 1. The van der Waals surface area contributed by atoms with Crippen molar-refractivity contribution in [3.63, 3.8) is 0 Å². The summed E-state index contributed by atoms with van der Waals surface area (Å²) in [5.41, 5.74) is 2.01. The normalized spacial score (nSPS) is 11.9. The highest BCUT2D eigenvalue weighted by molar-refractivity contribution is 7.12. The molecular weight excluding hydrogens is 350 g/mol. The number of carbonyl (C=O) groups excluding carboxylic acids is 1. The van der Waals surface area contributed by atoms with E-state index in [1.165, 1.54) is 11.3 Å². The van der Waals surface area contributed by atoms with Crippen molar-refractivity contribution in [1.82, 2.24) is 9.55 Å². The molecule has 0 saturated heterocycles. The largest absolute Gasteiger partial charge is 0.507 e. The zero-order valence-electron chi connectivity index (χ0n) is 14.6. The molecule has 2 aromatic heterocycles. The molecule has 0 radical (unpaired) electrons. The smallest absolute Gasteiger partial charge is 0.339 e. The van der Waals surface area contributed by atoms with Crippen LogP contribution < -0.4 is 0 Å². The number of allylic oxidation sites excluding steroid dienone is 1. The van der Waals surface area contributed by atoms with E-state index < -0.39 is 5.97 Å².